The van der Waals surface area contributed by atoms with Crippen LogP contribution in [0.1, 0.15) is 19.3 Å². The van der Waals surface area contributed by atoms with Crippen molar-refractivity contribution < 1.29 is 28.1 Å². The molecule has 0 aliphatic carbocycles. The zero-order valence-electron chi connectivity index (χ0n) is 7.25. The number of alkyl halides is 3. The lowest BCUT2D eigenvalue weighted by Crippen LogP contribution is -2.51. The minimum absolute atomic E-state index is 0.0381. The zero-order valence-corrected chi connectivity index (χ0v) is 7.25. The van der Waals surface area contributed by atoms with Crippen molar-refractivity contribution in [1.29, 1.82) is 0 Å². The van der Waals surface area contributed by atoms with E-state index in [9.17, 15) is 18.0 Å². The van der Waals surface area contributed by atoms with E-state index in [-0.39, 0.29) is 13.0 Å². The van der Waals surface area contributed by atoms with Gasteiger partial charge in [0.25, 0.3) is 0 Å². The van der Waals surface area contributed by atoms with Gasteiger partial charge in [0, 0.05) is 6.54 Å². The van der Waals surface area contributed by atoms with Crippen molar-refractivity contribution in [2.45, 2.75) is 31.5 Å². The van der Waals surface area contributed by atoms with E-state index in [2.05, 4.69) is 4.89 Å². The SMILES string of the molecule is O=C(OO)N1CCCCC1C(F)(F)F. The Hall–Kier alpha value is -0.980. The van der Waals surface area contributed by atoms with Gasteiger partial charge in [0.15, 0.2) is 0 Å². The van der Waals surface area contributed by atoms with Crippen LogP contribution in [0, 0.1) is 0 Å². The van der Waals surface area contributed by atoms with Crippen LogP contribution >= 0.6 is 0 Å². The number of hydrogen-bond donors (Lipinski definition) is 1. The zero-order chi connectivity index (χ0) is 10.8. The third kappa shape index (κ3) is 2.28. The highest BCUT2D eigenvalue weighted by molar-refractivity contribution is 5.67. The first-order chi connectivity index (χ1) is 6.46. The minimum atomic E-state index is -4.46. The average Bonchev–Trinajstić information content (AvgIpc) is 2.15. The molecule has 7 heteroatoms. The number of carbonyl (C=O) groups excluding carboxylic acids is 1. The molecule has 1 aliphatic rings. The monoisotopic (exact) mass is 213 g/mol. The number of likely N-dealkylation sites (tertiary alicyclic amines) is 1. The lowest BCUT2D eigenvalue weighted by Gasteiger charge is -2.34. The summed E-state index contributed by atoms with van der Waals surface area (Å²) >= 11 is 0. The summed E-state index contributed by atoms with van der Waals surface area (Å²) in [5.74, 6) is 0. The molecule has 82 valence electrons. The van der Waals surface area contributed by atoms with E-state index in [0.29, 0.717) is 17.7 Å². The Morgan fingerprint density at radius 3 is 2.57 bits per heavy atom. The summed E-state index contributed by atoms with van der Waals surface area (Å²) in [6, 6.07) is -1.84. The van der Waals surface area contributed by atoms with Crippen LogP contribution in [0.3, 0.4) is 0 Å². The quantitative estimate of drug-likeness (QED) is 0.494. The third-order valence-electron chi connectivity index (χ3n) is 2.19. The number of hydrogen-bond acceptors (Lipinski definition) is 3. The van der Waals surface area contributed by atoms with E-state index in [1.54, 1.807) is 0 Å². The number of piperidine rings is 1. The van der Waals surface area contributed by atoms with Gasteiger partial charge < -0.3 is 0 Å². The van der Waals surface area contributed by atoms with Gasteiger partial charge in [-0.15, -0.1) is 0 Å². The molecule has 14 heavy (non-hydrogen) atoms. The molecule has 0 aromatic heterocycles. The van der Waals surface area contributed by atoms with Crippen molar-refractivity contribution in [2.75, 3.05) is 6.54 Å². The molecule has 1 heterocycles. The second-order valence-corrected chi connectivity index (χ2v) is 3.10. The molecular formula is C7H10F3NO3. The van der Waals surface area contributed by atoms with Crippen LogP contribution in [0.4, 0.5) is 18.0 Å². The van der Waals surface area contributed by atoms with E-state index in [1.165, 1.54) is 0 Å². The minimum Gasteiger partial charge on any atom is -0.294 e. The molecule has 1 amide bonds. The van der Waals surface area contributed by atoms with E-state index in [4.69, 9.17) is 5.26 Å². The Morgan fingerprint density at radius 2 is 2.07 bits per heavy atom. The molecule has 1 rings (SSSR count). The second-order valence-electron chi connectivity index (χ2n) is 3.10. The van der Waals surface area contributed by atoms with Crippen LogP contribution in [0.25, 0.3) is 0 Å². The van der Waals surface area contributed by atoms with E-state index in [1.807, 2.05) is 0 Å². The van der Waals surface area contributed by atoms with Gasteiger partial charge in [0.2, 0.25) is 0 Å². The second kappa shape index (κ2) is 4.04. The van der Waals surface area contributed by atoms with Crippen molar-refractivity contribution in [1.82, 2.24) is 4.90 Å². The molecule has 1 N–H and O–H groups in total. The number of halogens is 3. The predicted molar refractivity (Wildman–Crippen MR) is 39.5 cm³/mol. The molecular weight excluding hydrogens is 203 g/mol. The summed E-state index contributed by atoms with van der Waals surface area (Å²) in [5, 5.41) is 8.01. The van der Waals surface area contributed by atoms with Crippen LogP contribution in [0.2, 0.25) is 0 Å². The van der Waals surface area contributed by atoms with Gasteiger partial charge in [-0.25, -0.2) is 4.79 Å². The van der Waals surface area contributed by atoms with E-state index < -0.39 is 18.3 Å². The van der Waals surface area contributed by atoms with Crippen molar-refractivity contribution in [3.63, 3.8) is 0 Å². The Labute approximate surface area is 78.2 Å². The summed E-state index contributed by atoms with van der Waals surface area (Å²) in [7, 11) is 0. The first kappa shape index (κ1) is 11.1. The Morgan fingerprint density at radius 1 is 1.43 bits per heavy atom. The number of amides is 1. The maximum Gasteiger partial charge on any atom is 0.441 e. The fourth-order valence-corrected chi connectivity index (χ4v) is 1.54. The standard InChI is InChI=1S/C7H10F3NO3/c8-7(9,10)5-3-1-2-4-11(5)6(12)14-13/h5,13H,1-4H2. The number of rotatable bonds is 0. The normalized spacial score (nSPS) is 23.4. The molecule has 1 unspecified atom stereocenters. The Balaban J connectivity index is 2.74. The largest absolute Gasteiger partial charge is 0.441 e. The molecule has 1 atom stereocenters. The molecule has 0 saturated carbocycles. The predicted octanol–water partition coefficient (Wildman–Crippen LogP) is 2.01. The van der Waals surface area contributed by atoms with Gasteiger partial charge in [0.05, 0.1) is 0 Å². The smallest absolute Gasteiger partial charge is 0.294 e. The van der Waals surface area contributed by atoms with Crippen LogP contribution in [0.15, 0.2) is 0 Å². The summed E-state index contributed by atoms with van der Waals surface area (Å²) < 4.78 is 37.1. The summed E-state index contributed by atoms with van der Waals surface area (Å²) in [6.45, 7) is -0.0381. The van der Waals surface area contributed by atoms with E-state index in [0.717, 1.165) is 0 Å². The van der Waals surface area contributed by atoms with Gasteiger partial charge >= 0.3 is 12.3 Å². The molecule has 0 aromatic rings. The highest BCUT2D eigenvalue weighted by Crippen LogP contribution is 2.31. The van der Waals surface area contributed by atoms with Gasteiger partial charge in [-0.05, 0) is 19.3 Å². The van der Waals surface area contributed by atoms with Gasteiger partial charge in [-0.3, -0.25) is 9.79 Å². The average molecular weight is 213 g/mol. The van der Waals surface area contributed by atoms with Crippen LogP contribution in [-0.4, -0.2) is 35.0 Å². The fraction of sp³-hybridized carbons (Fsp3) is 0.857. The molecule has 4 nitrogen and oxygen atoms in total. The molecule has 0 bridgehead atoms. The summed E-state index contributed by atoms with van der Waals surface area (Å²) in [5.41, 5.74) is 0. The third-order valence-corrected chi connectivity index (χ3v) is 2.19. The lowest BCUT2D eigenvalue weighted by atomic mass is 10.0. The van der Waals surface area contributed by atoms with Gasteiger partial charge in [-0.2, -0.15) is 18.4 Å². The van der Waals surface area contributed by atoms with Crippen molar-refractivity contribution in [2.24, 2.45) is 0 Å². The highest BCUT2D eigenvalue weighted by Gasteiger charge is 2.46. The fourth-order valence-electron chi connectivity index (χ4n) is 1.54. The first-order valence-corrected chi connectivity index (χ1v) is 4.15. The van der Waals surface area contributed by atoms with Crippen molar-refractivity contribution in [3.8, 4) is 0 Å². The van der Waals surface area contributed by atoms with Gasteiger partial charge in [-0.1, -0.05) is 0 Å². The molecule has 1 saturated heterocycles. The molecule has 1 fully saturated rings. The van der Waals surface area contributed by atoms with Crippen LogP contribution in [0.5, 0.6) is 0 Å². The topological polar surface area (TPSA) is 49.8 Å². The van der Waals surface area contributed by atoms with E-state index >= 15 is 0 Å². The van der Waals surface area contributed by atoms with Crippen LogP contribution in [-0.2, 0) is 4.89 Å². The summed E-state index contributed by atoms with van der Waals surface area (Å²) in [6.07, 6.45) is -5.04. The van der Waals surface area contributed by atoms with Crippen molar-refractivity contribution >= 4 is 6.09 Å². The number of nitrogens with zero attached hydrogens (tertiary/aromatic N) is 1. The highest BCUT2D eigenvalue weighted by atomic mass is 19.4. The van der Waals surface area contributed by atoms with Crippen molar-refractivity contribution in [3.05, 3.63) is 0 Å². The maximum atomic E-state index is 12.4. The maximum absolute atomic E-state index is 12.4. The molecule has 0 spiro atoms. The number of carbonyl (C=O) groups is 1. The molecule has 0 aromatic carbocycles. The summed E-state index contributed by atoms with van der Waals surface area (Å²) in [4.78, 5) is 14.6. The Bertz CT molecular complexity index is 219. The molecule has 1 aliphatic heterocycles. The first-order valence-electron chi connectivity index (χ1n) is 4.15. The molecule has 0 radical (unpaired) electrons. The van der Waals surface area contributed by atoms with Gasteiger partial charge in [0.1, 0.15) is 6.04 Å². The van der Waals surface area contributed by atoms with Crippen LogP contribution < -0.4 is 0 Å². The Kier molecular flexibility index (Phi) is 3.20. The lowest BCUT2D eigenvalue weighted by molar-refractivity contribution is -0.218.